The summed E-state index contributed by atoms with van der Waals surface area (Å²) < 4.78 is 16.7. The number of allylic oxidation sites excluding steroid dienone is 18. The molecule has 0 aliphatic rings. The predicted molar refractivity (Wildman–Crippen MR) is 256 cm³/mol. The van der Waals surface area contributed by atoms with Crippen molar-refractivity contribution in [3.05, 3.63) is 109 Å². The lowest BCUT2D eigenvalue weighted by Gasteiger charge is -2.18. The lowest BCUT2D eigenvalue weighted by atomic mass is 10.1. The van der Waals surface area contributed by atoms with Gasteiger partial charge in [-0.2, -0.15) is 0 Å². The first-order valence-corrected chi connectivity index (χ1v) is 23.9. The molecule has 0 aliphatic carbocycles. The van der Waals surface area contributed by atoms with E-state index < -0.39 is 6.10 Å². The third-order valence-electron chi connectivity index (χ3n) is 9.50. The molecule has 0 aromatic heterocycles. The van der Waals surface area contributed by atoms with Crippen molar-refractivity contribution in [2.75, 3.05) is 13.2 Å². The standard InChI is InChI=1S/C54H86O6/c1-4-7-10-13-16-19-22-25-28-31-34-37-40-43-46-52(55)58-49-51(60-54(57)48-45-42-39-36-33-30-27-24-21-18-15-12-9-6-3)50-59-53(56)47-44-41-38-35-32-29-26-23-20-17-14-11-8-5-2/h7-12,16-21,25-30,51H,4-6,13-15,22-24,31-50H2,1-3H3/b10-7+,11-8+,12-9+,19-16+,20-17+,21-18+,28-25+,29-26+,30-27+. The van der Waals surface area contributed by atoms with E-state index in [1.807, 2.05) is 0 Å². The van der Waals surface area contributed by atoms with Gasteiger partial charge in [0.15, 0.2) is 6.10 Å². The Morgan fingerprint density at radius 1 is 0.333 bits per heavy atom. The monoisotopic (exact) mass is 831 g/mol. The Hall–Kier alpha value is -3.93. The normalized spacial score (nSPS) is 12.6. The third kappa shape index (κ3) is 45.2. The molecule has 0 aromatic carbocycles. The van der Waals surface area contributed by atoms with Crippen LogP contribution in [0.4, 0.5) is 0 Å². The number of hydrogen-bond donors (Lipinski definition) is 0. The minimum absolute atomic E-state index is 0.109. The topological polar surface area (TPSA) is 78.9 Å². The van der Waals surface area contributed by atoms with E-state index in [4.69, 9.17) is 14.2 Å². The van der Waals surface area contributed by atoms with Crippen LogP contribution in [-0.2, 0) is 28.6 Å². The Morgan fingerprint density at radius 2 is 0.600 bits per heavy atom. The molecular weight excluding hydrogens is 745 g/mol. The van der Waals surface area contributed by atoms with E-state index in [-0.39, 0.29) is 37.5 Å². The Balaban J connectivity index is 4.52. The average Bonchev–Trinajstić information content (AvgIpc) is 3.24. The van der Waals surface area contributed by atoms with E-state index in [9.17, 15) is 14.4 Å². The summed E-state index contributed by atoms with van der Waals surface area (Å²) in [6.07, 6.45) is 63.5. The molecule has 0 bridgehead atoms. The van der Waals surface area contributed by atoms with E-state index in [0.717, 1.165) is 154 Å². The van der Waals surface area contributed by atoms with Crippen LogP contribution in [-0.4, -0.2) is 37.2 Å². The van der Waals surface area contributed by atoms with E-state index in [2.05, 4.69) is 130 Å². The maximum absolute atomic E-state index is 12.8. The fraction of sp³-hybridized carbons (Fsp3) is 0.611. The van der Waals surface area contributed by atoms with Crippen molar-refractivity contribution in [2.24, 2.45) is 0 Å². The van der Waals surface area contributed by atoms with Crippen LogP contribution in [0.5, 0.6) is 0 Å². The number of esters is 3. The van der Waals surface area contributed by atoms with Crippen LogP contribution >= 0.6 is 0 Å². The number of ether oxygens (including phenoxy) is 3. The molecule has 0 atom stereocenters. The van der Waals surface area contributed by atoms with Crippen molar-refractivity contribution in [3.63, 3.8) is 0 Å². The van der Waals surface area contributed by atoms with Crippen LogP contribution in [0, 0.1) is 0 Å². The second-order valence-corrected chi connectivity index (χ2v) is 15.2. The summed E-state index contributed by atoms with van der Waals surface area (Å²) in [4.78, 5) is 37.9. The fourth-order valence-electron chi connectivity index (χ4n) is 6.01. The molecule has 0 saturated heterocycles. The Kier molecular flexibility index (Phi) is 44.6. The van der Waals surface area contributed by atoms with E-state index in [0.29, 0.717) is 12.8 Å². The first kappa shape index (κ1) is 56.1. The van der Waals surface area contributed by atoms with Gasteiger partial charge in [-0.15, -0.1) is 0 Å². The number of rotatable bonds is 41. The summed E-state index contributed by atoms with van der Waals surface area (Å²) >= 11 is 0. The summed E-state index contributed by atoms with van der Waals surface area (Å²) in [5, 5.41) is 0. The highest BCUT2D eigenvalue weighted by Gasteiger charge is 2.19. The third-order valence-corrected chi connectivity index (χ3v) is 9.50. The zero-order chi connectivity index (χ0) is 43.7. The summed E-state index contributed by atoms with van der Waals surface area (Å²) in [6, 6.07) is 0. The van der Waals surface area contributed by atoms with Crippen LogP contribution < -0.4 is 0 Å². The second-order valence-electron chi connectivity index (χ2n) is 15.2. The van der Waals surface area contributed by atoms with Gasteiger partial charge >= 0.3 is 17.9 Å². The molecule has 0 saturated carbocycles. The molecule has 0 amide bonds. The Labute approximate surface area is 368 Å². The number of carbonyl (C=O) groups excluding carboxylic acids is 3. The number of unbranched alkanes of at least 4 members (excludes halogenated alkanes) is 12. The molecule has 0 N–H and O–H groups in total. The van der Waals surface area contributed by atoms with Crippen LogP contribution in [0.25, 0.3) is 0 Å². The maximum Gasteiger partial charge on any atom is 0.306 e. The lowest BCUT2D eigenvalue weighted by Crippen LogP contribution is -2.30. The highest BCUT2D eigenvalue weighted by molar-refractivity contribution is 5.71. The van der Waals surface area contributed by atoms with Crippen LogP contribution in [0.2, 0.25) is 0 Å². The van der Waals surface area contributed by atoms with Crippen molar-refractivity contribution >= 4 is 17.9 Å². The molecule has 0 aromatic rings. The molecule has 0 rings (SSSR count). The fourth-order valence-corrected chi connectivity index (χ4v) is 6.01. The van der Waals surface area contributed by atoms with Gasteiger partial charge in [-0.25, -0.2) is 0 Å². The molecule has 6 nitrogen and oxygen atoms in total. The van der Waals surface area contributed by atoms with Crippen LogP contribution in [0.3, 0.4) is 0 Å². The Morgan fingerprint density at radius 3 is 0.917 bits per heavy atom. The molecule has 60 heavy (non-hydrogen) atoms. The molecule has 0 unspecified atom stereocenters. The SMILES string of the molecule is CC/C=C/C/C=C/C/C=C/CCCCCCC(=O)OCC(COC(=O)CCCCCC/C=C/C/C=C/C/C=C/CC)OC(=O)CCCCCC/C=C/C/C=C/C/C=C/CC. The molecule has 0 heterocycles. The van der Waals surface area contributed by atoms with Gasteiger partial charge in [-0.05, 0) is 116 Å². The molecule has 0 spiro atoms. The zero-order valence-electron chi connectivity index (χ0n) is 38.4. The second kappa shape index (κ2) is 47.7. The molecule has 338 valence electrons. The quantitative estimate of drug-likeness (QED) is 0.0264. The smallest absolute Gasteiger partial charge is 0.306 e. The van der Waals surface area contributed by atoms with Crippen LogP contribution in [0.1, 0.15) is 194 Å². The van der Waals surface area contributed by atoms with Gasteiger partial charge < -0.3 is 14.2 Å². The summed E-state index contributed by atoms with van der Waals surface area (Å²) in [5.41, 5.74) is 0. The first-order valence-electron chi connectivity index (χ1n) is 23.9. The van der Waals surface area contributed by atoms with Crippen molar-refractivity contribution in [3.8, 4) is 0 Å². The average molecular weight is 831 g/mol. The van der Waals surface area contributed by atoms with Crippen LogP contribution in [0.15, 0.2) is 109 Å². The van der Waals surface area contributed by atoms with Gasteiger partial charge in [0.25, 0.3) is 0 Å². The first-order chi connectivity index (χ1) is 29.5. The minimum atomic E-state index is -0.809. The summed E-state index contributed by atoms with van der Waals surface area (Å²) in [5.74, 6) is -0.984. The summed E-state index contributed by atoms with van der Waals surface area (Å²) in [6.45, 7) is 6.21. The van der Waals surface area contributed by atoms with Crippen molar-refractivity contribution in [1.82, 2.24) is 0 Å². The highest BCUT2D eigenvalue weighted by Crippen LogP contribution is 2.12. The van der Waals surface area contributed by atoms with Gasteiger partial charge in [0.2, 0.25) is 0 Å². The van der Waals surface area contributed by atoms with E-state index in [1.54, 1.807) is 0 Å². The summed E-state index contributed by atoms with van der Waals surface area (Å²) in [7, 11) is 0. The van der Waals surface area contributed by atoms with Crippen molar-refractivity contribution in [1.29, 1.82) is 0 Å². The molecule has 6 heteroatoms. The van der Waals surface area contributed by atoms with Gasteiger partial charge in [-0.1, -0.05) is 169 Å². The Bertz CT molecular complexity index is 1210. The van der Waals surface area contributed by atoms with Gasteiger partial charge in [0.1, 0.15) is 13.2 Å². The minimum Gasteiger partial charge on any atom is -0.462 e. The van der Waals surface area contributed by atoms with Crippen molar-refractivity contribution < 1.29 is 28.6 Å². The van der Waals surface area contributed by atoms with Gasteiger partial charge in [0.05, 0.1) is 0 Å². The highest BCUT2D eigenvalue weighted by atomic mass is 16.6. The van der Waals surface area contributed by atoms with Gasteiger partial charge in [0, 0.05) is 19.3 Å². The molecule has 0 radical (unpaired) electrons. The van der Waals surface area contributed by atoms with Gasteiger partial charge in [-0.3, -0.25) is 14.4 Å². The number of carbonyl (C=O) groups is 3. The molecule has 0 fully saturated rings. The maximum atomic E-state index is 12.8. The predicted octanol–water partition coefficient (Wildman–Crippen LogP) is 15.6. The number of hydrogen-bond acceptors (Lipinski definition) is 6. The zero-order valence-corrected chi connectivity index (χ0v) is 38.4. The van der Waals surface area contributed by atoms with E-state index >= 15 is 0 Å². The van der Waals surface area contributed by atoms with Crippen molar-refractivity contribution in [2.45, 2.75) is 200 Å². The largest absolute Gasteiger partial charge is 0.462 e. The lowest BCUT2D eigenvalue weighted by molar-refractivity contribution is -0.167. The molecule has 0 aliphatic heterocycles. The molecular formula is C54H86O6. The van der Waals surface area contributed by atoms with E-state index in [1.165, 1.54) is 0 Å².